The largest absolute Gasteiger partial charge is 0.476 e. The van der Waals surface area contributed by atoms with Crippen molar-refractivity contribution in [2.45, 2.75) is 45.1 Å². The van der Waals surface area contributed by atoms with Crippen molar-refractivity contribution in [3.63, 3.8) is 0 Å². The number of amides is 1. The predicted octanol–water partition coefficient (Wildman–Crippen LogP) is 2.78. The summed E-state index contributed by atoms with van der Waals surface area (Å²) in [5.74, 6) is -0.821. The molecule has 0 spiro atoms. The van der Waals surface area contributed by atoms with Crippen LogP contribution in [-0.2, 0) is 11.8 Å². The van der Waals surface area contributed by atoms with Crippen LogP contribution in [0.15, 0.2) is 12.3 Å². The Hall–Kier alpha value is -2.64. The van der Waals surface area contributed by atoms with Gasteiger partial charge in [0.15, 0.2) is 11.3 Å². The van der Waals surface area contributed by atoms with Gasteiger partial charge in [0.1, 0.15) is 11.1 Å². The van der Waals surface area contributed by atoms with Crippen molar-refractivity contribution < 1.29 is 19.4 Å². The molecule has 1 N–H and O–H groups in total. The summed E-state index contributed by atoms with van der Waals surface area (Å²) in [6, 6.07) is 1.91. The van der Waals surface area contributed by atoms with Gasteiger partial charge < -0.3 is 19.3 Å². The van der Waals surface area contributed by atoms with Crippen molar-refractivity contribution >= 4 is 23.2 Å². The van der Waals surface area contributed by atoms with Gasteiger partial charge in [0.2, 0.25) is 0 Å². The normalized spacial score (nSPS) is 16.1. The minimum absolute atomic E-state index is 0.0607. The van der Waals surface area contributed by atoms with E-state index in [-0.39, 0.29) is 17.7 Å². The van der Waals surface area contributed by atoms with E-state index in [2.05, 4.69) is 9.97 Å². The summed E-state index contributed by atoms with van der Waals surface area (Å²) in [6.45, 7) is 6.83. The molecule has 1 fully saturated rings. The lowest BCUT2D eigenvalue weighted by Crippen LogP contribution is -2.41. The third-order valence-electron chi connectivity index (χ3n) is 4.55. The van der Waals surface area contributed by atoms with E-state index in [1.54, 1.807) is 4.90 Å². The van der Waals surface area contributed by atoms with Gasteiger partial charge in [-0.1, -0.05) is 0 Å². The number of carboxylic acids is 1. The number of aromatic nitrogens is 3. The molecule has 3 rings (SSSR count). The Balaban J connectivity index is 1.74. The predicted molar refractivity (Wildman–Crippen MR) is 95.3 cm³/mol. The number of fused-ring (bicyclic) bond motifs is 1. The van der Waals surface area contributed by atoms with E-state index in [9.17, 15) is 9.59 Å². The number of piperidine rings is 1. The van der Waals surface area contributed by atoms with Gasteiger partial charge in [0, 0.05) is 31.7 Å². The maximum Gasteiger partial charge on any atom is 0.410 e. The van der Waals surface area contributed by atoms with Gasteiger partial charge in [-0.15, -0.1) is 0 Å². The molecule has 2 aromatic heterocycles. The SMILES string of the molecule is Cn1c(C2CCN(C(=O)OC(C)(C)C)CC2)cc2nc(C(=O)O)cnc21. The first-order valence-electron chi connectivity index (χ1n) is 8.69. The number of rotatable bonds is 2. The number of ether oxygens (including phenoxy) is 1. The lowest BCUT2D eigenvalue weighted by molar-refractivity contribution is 0.0203. The number of aromatic carboxylic acids is 1. The maximum atomic E-state index is 12.2. The van der Waals surface area contributed by atoms with E-state index in [1.807, 2.05) is 38.5 Å². The smallest absolute Gasteiger partial charge is 0.410 e. The van der Waals surface area contributed by atoms with Crippen LogP contribution in [0.3, 0.4) is 0 Å². The topological polar surface area (TPSA) is 97.6 Å². The number of nitrogens with zero attached hydrogens (tertiary/aromatic N) is 4. The zero-order valence-corrected chi connectivity index (χ0v) is 15.5. The van der Waals surface area contributed by atoms with Crippen LogP contribution in [0, 0.1) is 0 Å². The van der Waals surface area contributed by atoms with Crippen molar-refractivity contribution in [2.24, 2.45) is 7.05 Å². The van der Waals surface area contributed by atoms with Gasteiger partial charge in [-0.25, -0.2) is 19.6 Å². The molecule has 0 bridgehead atoms. The highest BCUT2D eigenvalue weighted by molar-refractivity contribution is 5.87. The number of aryl methyl sites for hydroxylation is 1. The fraction of sp³-hybridized carbons (Fsp3) is 0.556. The van der Waals surface area contributed by atoms with Crippen LogP contribution in [-0.4, -0.2) is 55.3 Å². The second kappa shape index (κ2) is 6.59. The lowest BCUT2D eigenvalue weighted by Gasteiger charge is -2.33. The molecular weight excluding hydrogens is 336 g/mol. The number of carboxylic acid groups (broad SMARTS) is 1. The van der Waals surface area contributed by atoms with E-state index in [0.717, 1.165) is 18.5 Å². The van der Waals surface area contributed by atoms with E-state index in [0.29, 0.717) is 24.3 Å². The zero-order valence-electron chi connectivity index (χ0n) is 15.5. The van der Waals surface area contributed by atoms with E-state index >= 15 is 0 Å². The molecule has 140 valence electrons. The number of hydrogen-bond donors (Lipinski definition) is 1. The van der Waals surface area contributed by atoms with Gasteiger partial charge in [-0.3, -0.25) is 0 Å². The second-order valence-electron chi connectivity index (χ2n) is 7.64. The van der Waals surface area contributed by atoms with Gasteiger partial charge >= 0.3 is 12.1 Å². The molecule has 1 saturated heterocycles. The Morgan fingerprint density at radius 3 is 2.50 bits per heavy atom. The Morgan fingerprint density at radius 2 is 1.92 bits per heavy atom. The van der Waals surface area contributed by atoms with Crippen molar-refractivity contribution in [1.82, 2.24) is 19.4 Å². The first-order valence-corrected chi connectivity index (χ1v) is 8.69. The first-order chi connectivity index (χ1) is 12.2. The molecule has 8 nitrogen and oxygen atoms in total. The fourth-order valence-corrected chi connectivity index (χ4v) is 3.29. The van der Waals surface area contributed by atoms with E-state index < -0.39 is 11.6 Å². The van der Waals surface area contributed by atoms with Crippen LogP contribution in [0.4, 0.5) is 4.79 Å². The van der Waals surface area contributed by atoms with E-state index in [4.69, 9.17) is 9.84 Å². The molecule has 0 aliphatic carbocycles. The summed E-state index contributed by atoms with van der Waals surface area (Å²) in [5, 5.41) is 9.07. The molecule has 3 heterocycles. The quantitative estimate of drug-likeness (QED) is 0.884. The lowest BCUT2D eigenvalue weighted by atomic mass is 9.93. The molecule has 1 aliphatic rings. The Kier molecular flexibility index (Phi) is 4.60. The van der Waals surface area contributed by atoms with Crippen molar-refractivity contribution in [1.29, 1.82) is 0 Å². The Labute approximate surface area is 151 Å². The van der Waals surface area contributed by atoms with Gasteiger partial charge in [0.25, 0.3) is 0 Å². The molecule has 0 radical (unpaired) electrons. The average molecular weight is 360 g/mol. The second-order valence-corrected chi connectivity index (χ2v) is 7.64. The summed E-state index contributed by atoms with van der Waals surface area (Å²) in [5.41, 5.74) is 1.75. The molecule has 2 aromatic rings. The highest BCUT2D eigenvalue weighted by Gasteiger charge is 2.29. The Morgan fingerprint density at radius 1 is 1.27 bits per heavy atom. The van der Waals surface area contributed by atoms with Crippen LogP contribution in [0.25, 0.3) is 11.2 Å². The molecule has 0 atom stereocenters. The molecular formula is C18H24N4O4. The number of carbonyl (C=O) groups excluding carboxylic acids is 1. The highest BCUT2D eigenvalue weighted by atomic mass is 16.6. The third kappa shape index (κ3) is 3.63. The third-order valence-corrected chi connectivity index (χ3v) is 4.55. The van der Waals surface area contributed by atoms with Crippen molar-refractivity contribution in [3.05, 3.63) is 23.7 Å². The minimum Gasteiger partial charge on any atom is -0.476 e. The van der Waals surface area contributed by atoms with Gasteiger partial charge in [-0.2, -0.15) is 0 Å². The van der Waals surface area contributed by atoms with Crippen LogP contribution >= 0.6 is 0 Å². The molecule has 0 aromatic carbocycles. The van der Waals surface area contributed by atoms with Gasteiger partial charge in [-0.05, 0) is 39.7 Å². The number of carbonyl (C=O) groups is 2. The molecule has 1 amide bonds. The standard InChI is InChI=1S/C18H24N4O4/c1-18(2,3)26-17(25)22-7-5-11(6-8-22)14-9-12-15(21(14)4)19-10-13(20-12)16(23)24/h9-11H,5-8H2,1-4H3,(H,23,24). The molecule has 0 unspecified atom stereocenters. The number of likely N-dealkylation sites (tertiary alicyclic amines) is 1. The van der Waals surface area contributed by atoms with Crippen molar-refractivity contribution in [3.8, 4) is 0 Å². The minimum atomic E-state index is -1.09. The monoisotopic (exact) mass is 360 g/mol. The molecule has 26 heavy (non-hydrogen) atoms. The fourth-order valence-electron chi connectivity index (χ4n) is 3.29. The van der Waals surface area contributed by atoms with Crippen LogP contribution in [0.2, 0.25) is 0 Å². The maximum absolute atomic E-state index is 12.2. The zero-order chi connectivity index (χ0) is 19.1. The van der Waals surface area contributed by atoms with Crippen LogP contribution in [0.1, 0.15) is 55.7 Å². The van der Waals surface area contributed by atoms with E-state index in [1.165, 1.54) is 6.20 Å². The summed E-state index contributed by atoms with van der Waals surface area (Å²) >= 11 is 0. The summed E-state index contributed by atoms with van der Waals surface area (Å²) in [4.78, 5) is 33.4. The van der Waals surface area contributed by atoms with Crippen LogP contribution in [0.5, 0.6) is 0 Å². The molecule has 8 heteroatoms. The Bertz CT molecular complexity index is 845. The molecule has 0 saturated carbocycles. The van der Waals surface area contributed by atoms with Gasteiger partial charge in [0.05, 0.1) is 6.20 Å². The molecule has 1 aliphatic heterocycles. The summed E-state index contributed by atoms with van der Waals surface area (Å²) in [6.07, 6.45) is 2.63. The first kappa shape index (κ1) is 18.2. The van der Waals surface area contributed by atoms with Crippen LogP contribution < -0.4 is 0 Å². The highest BCUT2D eigenvalue weighted by Crippen LogP contribution is 2.31. The average Bonchev–Trinajstić information content (AvgIpc) is 2.90. The van der Waals surface area contributed by atoms with Crippen molar-refractivity contribution in [2.75, 3.05) is 13.1 Å². The number of hydrogen-bond acceptors (Lipinski definition) is 5. The summed E-state index contributed by atoms with van der Waals surface area (Å²) in [7, 11) is 1.91. The summed E-state index contributed by atoms with van der Waals surface area (Å²) < 4.78 is 7.39.